The molecule has 1 aromatic carbocycles. The van der Waals surface area contributed by atoms with Crippen molar-refractivity contribution in [2.45, 2.75) is 12.8 Å². The first-order valence-corrected chi connectivity index (χ1v) is 7.39. The maximum Gasteiger partial charge on any atom is 0.236 e. The minimum atomic E-state index is -3.37. The summed E-state index contributed by atoms with van der Waals surface area (Å²) in [6.07, 6.45) is 3.08. The van der Waals surface area contributed by atoms with Crippen molar-refractivity contribution in [3.8, 4) is 0 Å². The van der Waals surface area contributed by atoms with Crippen molar-refractivity contribution in [1.82, 2.24) is 4.72 Å². The molecular weight excluding hydrogens is 250 g/mol. The van der Waals surface area contributed by atoms with Crippen LogP contribution in [0.3, 0.4) is 0 Å². The second kappa shape index (κ2) is 5.65. The Kier molecular flexibility index (Phi) is 4.16. The Labute approximate surface area is 108 Å². The molecule has 0 saturated heterocycles. The van der Waals surface area contributed by atoms with Gasteiger partial charge in [0.2, 0.25) is 10.0 Å². The molecule has 0 amide bonds. The van der Waals surface area contributed by atoms with Crippen LogP contribution in [0, 0.1) is 0 Å². The molecule has 0 bridgehead atoms. The van der Waals surface area contributed by atoms with Crippen LogP contribution in [-0.4, -0.2) is 28.7 Å². The lowest BCUT2D eigenvalue weighted by Gasteiger charge is -2.16. The number of aryl methyl sites for hydroxylation is 1. The smallest absolute Gasteiger partial charge is 0.236 e. The molecule has 98 valence electrons. The van der Waals surface area contributed by atoms with E-state index >= 15 is 0 Å². The SMILES string of the molecule is COCCNS(=O)(=O)C1=Cc2ccccc2CC1. The zero-order valence-corrected chi connectivity index (χ0v) is 11.2. The summed E-state index contributed by atoms with van der Waals surface area (Å²) in [5, 5.41) is 0. The van der Waals surface area contributed by atoms with Gasteiger partial charge < -0.3 is 4.74 Å². The summed E-state index contributed by atoms with van der Waals surface area (Å²) in [6.45, 7) is 0.681. The van der Waals surface area contributed by atoms with Gasteiger partial charge in [-0.05, 0) is 30.0 Å². The van der Waals surface area contributed by atoms with Crippen molar-refractivity contribution in [3.63, 3.8) is 0 Å². The summed E-state index contributed by atoms with van der Waals surface area (Å²) in [5.74, 6) is 0. The molecule has 1 aromatic rings. The van der Waals surface area contributed by atoms with Gasteiger partial charge in [0.1, 0.15) is 0 Å². The Bertz CT molecular complexity index is 549. The van der Waals surface area contributed by atoms with E-state index in [2.05, 4.69) is 4.72 Å². The highest BCUT2D eigenvalue weighted by Crippen LogP contribution is 2.26. The van der Waals surface area contributed by atoms with Gasteiger partial charge in [-0.1, -0.05) is 24.3 Å². The number of ether oxygens (including phenoxy) is 1. The number of hydrogen-bond acceptors (Lipinski definition) is 3. The number of benzene rings is 1. The zero-order chi connectivity index (χ0) is 13.0. The molecule has 0 spiro atoms. The average Bonchev–Trinajstić information content (AvgIpc) is 2.38. The average molecular weight is 267 g/mol. The van der Waals surface area contributed by atoms with E-state index in [1.807, 2.05) is 24.3 Å². The fourth-order valence-electron chi connectivity index (χ4n) is 1.99. The zero-order valence-electron chi connectivity index (χ0n) is 10.3. The van der Waals surface area contributed by atoms with E-state index in [0.717, 1.165) is 12.0 Å². The Morgan fingerprint density at radius 2 is 2.06 bits per heavy atom. The highest BCUT2D eigenvalue weighted by Gasteiger charge is 2.20. The van der Waals surface area contributed by atoms with E-state index < -0.39 is 10.0 Å². The normalized spacial score (nSPS) is 15.1. The molecule has 0 heterocycles. The molecule has 0 radical (unpaired) electrons. The monoisotopic (exact) mass is 267 g/mol. The third-order valence-corrected chi connectivity index (χ3v) is 4.55. The first kappa shape index (κ1) is 13.3. The Morgan fingerprint density at radius 3 is 2.83 bits per heavy atom. The van der Waals surface area contributed by atoms with Crippen molar-refractivity contribution in [1.29, 1.82) is 0 Å². The van der Waals surface area contributed by atoms with Crippen LogP contribution in [0.4, 0.5) is 0 Å². The summed E-state index contributed by atoms with van der Waals surface area (Å²) in [4.78, 5) is 0.456. The second-order valence-corrected chi connectivity index (χ2v) is 6.02. The Balaban J connectivity index is 2.18. The number of allylic oxidation sites excluding steroid dienone is 1. The Morgan fingerprint density at radius 1 is 1.28 bits per heavy atom. The molecule has 18 heavy (non-hydrogen) atoms. The minimum Gasteiger partial charge on any atom is -0.383 e. The fourth-order valence-corrected chi connectivity index (χ4v) is 3.18. The van der Waals surface area contributed by atoms with E-state index in [-0.39, 0.29) is 0 Å². The fraction of sp³-hybridized carbons (Fsp3) is 0.385. The van der Waals surface area contributed by atoms with E-state index in [4.69, 9.17) is 4.74 Å². The molecule has 4 nitrogen and oxygen atoms in total. The summed E-state index contributed by atoms with van der Waals surface area (Å²) in [7, 11) is -1.82. The number of hydrogen-bond donors (Lipinski definition) is 1. The molecule has 1 aliphatic rings. The van der Waals surface area contributed by atoms with Gasteiger partial charge in [-0.3, -0.25) is 0 Å². The van der Waals surface area contributed by atoms with E-state index in [1.165, 1.54) is 5.56 Å². The predicted molar refractivity (Wildman–Crippen MR) is 71.5 cm³/mol. The lowest BCUT2D eigenvalue weighted by molar-refractivity contribution is 0.204. The maximum absolute atomic E-state index is 12.0. The van der Waals surface area contributed by atoms with E-state index in [1.54, 1.807) is 13.2 Å². The van der Waals surface area contributed by atoms with Crippen molar-refractivity contribution in [2.24, 2.45) is 0 Å². The third kappa shape index (κ3) is 2.98. The number of sulfonamides is 1. The molecule has 5 heteroatoms. The number of methoxy groups -OCH3 is 1. The van der Waals surface area contributed by atoms with Gasteiger partial charge >= 0.3 is 0 Å². The summed E-state index contributed by atoms with van der Waals surface area (Å²) >= 11 is 0. The minimum absolute atomic E-state index is 0.303. The summed E-state index contributed by atoms with van der Waals surface area (Å²) in [5.41, 5.74) is 2.20. The van der Waals surface area contributed by atoms with Crippen LogP contribution < -0.4 is 4.72 Å². The van der Waals surface area contributed by atoms with Crippen LogP contribution in [0.15, 0.2) is 29.2 Å². The molecule has 1 aliphatic carbocycles. The topological polar surface area (TPSA) is 55.4 Å². The molecule has 0 aliphatic heterocycles. The van der Waals surface area contributed by atoms with Crippen molar-refractivity contribution in [3.05, 3.63) is 40.3 Å². The van der Waals surface area contributed by atoms with Gasteiger partial charge in [0.05, 0.1) is 11.5 Å². The highest BCUT2D eigenvalue weighted by atomic mass is 32.2. The molecule has 1 N–H and O–H groups in total. The largest absolute Gasteiger partial charge is 0.383 e. The quantitative estimate of drug-likeness (QED) is 0.823. The molecule has 0 saturated carbocycles. The Hall–Kier alpha value is -1.17. The van der Waals surface area contributed by atoms with Gasteiger partial charge in [0.25, 0.3) is 0 Å². The number of nitrogens with one attached hydrogen (secondary N) is 1. The summed E-state index contributed by atoms with van der Waals surface area (Å²) in [6, 6.07) is 7.87. The van der Waals surface area contributed by atoms with Crippen LogP contribution in [0.1, 0.15) is 17.5 Å². The van der Waals surface area contributed by atoms with Crippen molar-refractivity contribution < 1.29 is 13.2 Å². The molecule has 0 unspecified atom stereocenters. The maximum atomic E-state index is 12.0. The molecule has 0 aromatic heterocycles. The van der Waals surface area contributed by atoms with Crippen molar-refractivity contribution >= 4 is 16.1 Å². The van der Waals surface area contributed by atoms with Crippen LogP contribution in [-0.2, 0) is 21.2 Å². The number of rotatable bonds is 5. The third-order valence-electron chi connectivity index (χ3n) is 2.96. The van der Waals surface area contributed by atoms with E-state index in [9.17, 15) is 8.42 Å². The predicted octanol–water partition coefficient (Wildman–Crippen LogP) is 1.54. The van der Waals surface area contributed by atoms with Crippen LogP contribution in [0.5, 0.6) is 0 Å². The molecular formula is C13H17NO3S. The van der Waals surface area contributed by atoms with Gasteiger partial charge in [0.15, 0.2) is 0 Å². The molecule has 0 fully saturated rings. The van der Waals surface area contributed by atoms with Gasteiger partial charge in [0, 0.05) is 13.7 Å². The molecule has 0 atom stereocenters. The summed E-state index contributed by atoms with van der Waals surface area (Å²) < 4.78 is 31.4. The van der Waals surface area contributed by atoms with Crippen LogP contribution >= 0.6 is 0 Å². The van der Waals surface area contributed by atoms with Crippen LogP contribution in [0.25, 0.3) is 6.08 Å². The second-order valence-electron chi connectivity index (χ2n) is 4.20. The molecule has 2 rings (SSSR count). The van der Waals surface area contributed by atoms with Gasteiger partial charge in [-0.25, -0.2) is 13.1 Å². The first-order chi connectivity index (χ1) is 8.63. The van der Waals surface area contributed by atoms with E-state index in [0.29, 0.717) is 24.5 Å². The van der Waals surface area contributed by atoms with Crippen molar-refractivity contribution in [2.75, 3.05) is 20.3 Å². The lowest BCUT2D eigenvalue weighted by atomic mass is 9.98. The highest BCUT2D eigenvalue weighted by molar-refractivity contribution is 7.93. The van der Waals surface area contributed by atoms with Crippen LogP contribution in [0.2, 0.25) is 0 Å². The standard InChI is InChI=1S/C13H17NO3S/c1-17-9-8-14-18(15,16)13-7-6-11-4-2-3-5-12(11)10-13/h2-5,10,14H,6-9H2,1H3. The first-order valence-electron chi connectivity index (χ1n) is 5.90. The number of fused-ring (bicyclic) bond motifs is 1. The van der Waals surface area contributed by atoms with Gasteiger partial charge in [-0.2, -0.15) is 0 Å². The lowest BCUT2D eigenvalue weighted by Crippen LogP contribution is -2.29. The van der Waals surface area contributed by atoms with Gasteiger partial charge in [-0.15, -0.1) is 0 Å².